The van der Waals surface area contributed by atoms with Gasteiger partial charge in [-0.25, -0.2) is 0 Å². The third kappa shape index (κ3) is 3.03. The van der Waals surface area contributed by atoms with E-state index >= 15 is 0 Å². The highest BCUT2D eigenvalue weighted by atomic mass is 35.5. The number of rotatable bonds is 4. The number of hydrogen-bond acceptors (Lipinski definition) is 2. The van der Waals surface area contributed by atoms with Gasteiger partial charge in [0.05, 0.1) is 11.1 Å². The molecule has 0 saturated heterocycles. The minimum atomic E-state index is -0.417. The third-order valence-electron chi connectivity index (χ3n) is 2.72. The first-order valence-corrected chi connectivity index (χ1v) is 6.29. The second-order valence-electron chi connectivity index (χ2n) is 4.03. The van der Waals surface area contributed by atoms with E-state index in [1.165, 1.54) is 0 Å². The summed E-state index contributed by atoms with van der Waals surface area (Å²) >= 11 is 6.01. The van der Waals surface area contributed by atoms with Crippen LogP contribution in [0.4, 0.5) is 0 Å². The summed E-state index contributed by atoms with van der Waals surface area (Å²) in [5.41, 5.74) is 0.893. The van der Waals surface area contributed by atoms with Gasteiger partial charge < -0.3 is 9.84 Å². The average Bonchev–Trinajstić information content (AvgIpc) is 2.41. The molecular formula is C15H15ClO2. The Hall–Kier alpha value is -1.51. The first kappa shape index (κ1) is 12.9. The van der Waals surface area contributed by atoms with Crippen LogP contribution < -0.4 is 4.74 Å². The van der Waals surface area contributed by atoms with E-state index in [1.807, 2.05) is 49.4 Å². The third-order valence-corrected chi connectivity index (χ3v) is 3.03. The lowest BCUT2D eigenvalue weighted by Crippen LogP contribution is -1.94. The molecule has 0 aliphatic carbocycles. The second kappa shape index (κ2) is 5.89. The standard InChI is InChI=1S/C15H15ClO2/c1-2-14(17)11-7-9-12(10-8-11)18-15-6-4-3-5-13(15)16/h3-10,14,17H,2H2,1H3/t14-/m0/s1. The van der Waals surface area contributed by atoms with Gasteiger partial charge in [0.15, 0.2) is 0 Å². The first-order valence-electron chi connectivity index (χ1n) is 5.91. The van der Waals surface area contributed by atoms with Crippen LogP contribution in [-0.4, -0.2) is 5.11 Å². The maximum absolute atomic E-state index is 9.69. The summed E-state index contributed by atoms with van der Waals surface area (Å²) in [7, 11) is 0. The highest BCUT2D eigenvalue weighted by Gasteiger charge is 2.05. The van der Waals surface area contributed by atoms with E-state index in [2.05, 4.69) is 0 Å². The van der Waals surface area contributed by atoms with Gasteiger partial charge in [-0.2, -0.15) is 0 Å². The van der Waals surface area contributed by atoms with Gasteiger partial charge in [-0.3, -0.25) is 0 Å². The summed E-state index contributed by atoms with van der Waals surface area (Å²) in [5.74, 6) is 1.33. The number of benzene rings is 2. The predicted octanol–water partition coefficient (Wildman–Crippen LogP) is 4.58. The highest BCUT2D eigenvalue weighted by Crippen LogP contribution is 2.29. The van der Waals surface area contributed by atoms with Crippen molar-refractivity contribution in [1.29, 1.82) is 0 Å². The van der Waals surface area contributed by atoms with E-state index < -0.39 is 6.10 Å². The van der Waals surface area contributed by atoms with Gasteiger partial charge >= 0.3 is 0 Å². The molecule has 1 N–H and O–H groups in total. The van der Waals surface area contributed by atoms with Crippen molar-refractivity contribution in [2.45, 2.75) is 19.4 Å². The fourth-order valence-electron chi connectivity index (χ4n) is 1.65. The van der Waals surface area contributed by atoms with Crippen molar-refractivity contribution in [1.82, 2.24) is 0 Å². The molecule has 0 unspecified atom stereocenters. The maximum Gasteiger partial charge on any atom is 0.146 e. The van der Waals surface area contributed by atoms with Crippen LogP contribution >= 0.6 is 11.6 Å². The van der Waals surface area contributed by atoms with Crippen LogP contribution in [0.25, 0.3) is 0 Å². The van der Waals surface area contributed by atoms with Gasteiger partial charge in [0.25, 0.3) is 0 Å². The van der Waals surface area contributed by atoms with Crippen LogP contribution in [0.5, 0.6) is 11.5 Å². The smallest absolute Gasteiger partial charge is 0.146 e. The average molecular weight is 263 g/mol. The maximum atomic E-state index is 9.69. The molecule has 0 spiro atoms. The van der Waals surface area contributed by atoms with Gasteiger partial charge in [0, 0.05) is 0 Å². The number of hydrogen-bond donors (Lipinski definition) is 1. The summed E-state index contributed by atoms with van der Waals surface area (Å²) < 4.78 is 5.66. The molecule has 2 aromatic carbocycles. The monoisotopic (exact) mass is 262 g/mol. The van der Waals surface area contributed by atoms with Crippen LogP contribution in [-0.2, 0) is 0 Å². The highest BCUT2D eigenvalue weighted by molar-refractivity contribution is 6.32. The van der Waals surface area contributed by atoms with Gasteiger partial charge in [-0.05, 0) is 36.2 Å². The van der Waals surface area contributed by atoms with Crippen molar-refractivity contribution < 1.29 is 9.84 Å². The first-order chi connectivity index (χ1) is 8.70. The number of para-hydroxylation sites is 1. The van der Waals surface area contributed by atoms with Crippen LogP contribution in [0.15, 0.2) is 48.5 Å². The molecule has 0 aliphatic rings. The molecule has 0 saturated carbocycles. The van der Waals surface area contributed by atoms with E-state index in [4.69, 9.17) is 16.3 Å². The van der Waals surface area contributed by atoms with Crippen LogP contribution in [0.3, 0.4) is 0 Å². The van der Waals surface area contributed by atoms with E-state index in [0.717, 1.165) is 5.56 Å². The largest absolute Gasteiger partial charge is 0.456 e. The van der Waals surface area contributed by atoms with Crippen LogP contribution in [0, 0.1) is 0 Å². The van der Waals surface area contributed by atoms with Crippen LogP contribution in [0.2, 0.25) is 5.02 Å². The molecule has 0 aliphatic heterocycles. The summed E-state index contributed by atoms with van der Waals surface area (Å²) in [6.07, 6.45) is 0.282. The molecule has 2 aromatic rings. The normalized spacial score (nSPS) is 12.2. The molecule has 0 bridgehead atoms. The fourth-order valence-corrected chi connectivity index (χ4v) is 1.82. The van der Waals surface area contributed by atoms with Gasteiger partial charge in [0.1, 0.15) is 11.5 Å². The molecule has 18 heavy (non-hydrogen) atoms. The molecule has 0 aromatic heterocycles. The Labute approximate surface area is 112 Å². The zero-order chi connectivity index (χ0) is 13.0. The van der Waals surface area contributed by atoms with Gasteiger partial charge in [-0.15, -0.1) is 0 Å². The minimum Gasteiger partial charge on any atom is -0.456 e. The predicted molar refractivity (Wildman–Crippen MR) is 73.2 cm³/mol. The minimum absolute atomic E-state index is 0.417. The van der Waals surface area contributed by atoms with E-state index in [9.17, 15) is 5.11 Å². The molecule has 0 amide bonds. The molecule has 2 nitrogen and oxygen atoms in total. The van der Waals surface area contributed by atoms with Crippen molar-refractivity contribution >= 4 is 11.6 Å². The Morgan fingerprint density at radius 1 is 1.11 bits per heavy atom. The number of aliphatic hydroxyl groups excluding tert-OH is 1. The van der Waals surface area contributed by atoms with Gasteiger partial charge in [-0.1, -0.05) is 42.8 Å². The van der Waals surface area contributed by atoms with Crippen molar-refractivity contribution in [3.63, 3.8) is 0 Å². The Morgan fingerprint density at radius 3 is 2.39 bits per heavy atom. The topological polar surface area (TPSA) is 29.5 Å². The SMILES string of the molecule is CC[C@H](O)c1ccc(Oc2ccccc2Cl)cc1. The molecule has 94 valence electrons. The second-order valence-corrected chi connectivity index (χ2v) is 4.43. The fraction of sp³-hybridized carbons (Fsp3) is 0.200. The Kier molecular flexibility index (Phi) is 4.24. The Bertz CT molecular complexity index is 508. The molecular weight excluding hydrogens is 248 g/mol. The van der Waals surface area contributed by atoms with Gasteiger partial charge in [0.2, 0.25) is 0 Å². The van der Waals surface area contributed by atoms with E-state index in [-0.39, 0.29) is 0 Å². The van der Waals surface area contributed by atoms with E-state index in [0.29, 0.717) is 22.9 Å². The molecule has 0 fully saturated rings. The summed E-state index contributed by atoms with van der Waals surface area (Å²) in [5, 5.41) is 10.3. The Morgan fingerprint density at radius 2 is 1.78 bits per heavy atom. The molecule has 3 heteroatoms. The van der Waals surface area contributed by atoms with Crippen molar-refractivity contribution in [2.24, 2.45) is 0 Å². The lowest BCUT2D eigenvalue weighted by Gasteiger charge is -2.10. The van der Waals surface area contributed by atoms with Crippen molar-refractivity contribution in [3.05, 3.63) is 59.1 Å². The van der Waals surface area contributed by atoms with Crippen LogP contribution in [0.1, 0.15) is 25.0 Å². The zero-order valence-corrected chi connectivity index (χ0v) is 10.9. The molecule has 2 rings (SSSR count). The number of aliphatic hydroxyl groups is 1. The molecule has 0 radical (unpaired) electrons. The zero-order valence-electron chi connectivity index (χ0n) is 10.1. The quantitative estimate of drug-likeness (QED) is 0.874. The van der Waals surface area contributed by atoms with E-state index in [1.54, 1.807) is 6.07 Å². The number of halogens is 1. The van der Waals surface area contributed by atoms with Crippen molar-refractivity contribution in [3.8, 4) is 11.5 Å². The lowest BCUT2D eigenvalue weighted by molar-refractivity contribution is 0.173. The lowest BCUT2D eigenvalue weighted by atomic mass is 10.1. The summed E-state index contributed by atoms with van der Waals surface area (Å²) in [6.45, 7) is 1.94. The summed E-state index contributed by atoms with van der Waals surface area (Å²) in [4.78, 5) is 0. The number of ether oxygens (including phenoxy) is 1. The molecule has 0 heterocycles. The summed E-state index contributed by atoms with van der Waals surface area (Å²) in [6, 6.07) is 14.7. The van der Waals surface area contributed by atoms with Crippen molar-refractivity contribution in [2.75, 3.05) is 0 Å². The molecule has 1 atom stereocenters. The Balaban J connectivity index is 2.14.